The molecule has 0 spiro atoms. The van der Waals surface area contributed by atoms with E-state index < -0.39 is 0 Å². The average Bonchev–Trinajstić information content (AvgIpc) is 3.37. The molecule has 0 bridgehead atoms. The summed E-state index contributed by atoms with van der Waals surface area (Å²) in [5.41, 5.74) is 2.07. The highest BCUT2D eigenvalue weighted by atomic mass is 16.7. The van der Waals surface area contributed by atoms with Gasteiger partial charge in [0.25, 0.3) is 11.8 Å². The third kappa shape index (κ3) is 4.96. The van der Waals surface area contributed by atoms with E-state index in [1.165, 1.54) is 0 Å². The normalized spacial score (nSPS) is 14.9. The average molecular weight is 472 g/mol. The second-order valence-corrected chi connectivity index (χ2v) is 8.49. The largest absolute Gasteiger partial charge is 0.454 e. The van der Waals surface area contributed by atoms with Crippen molar-refractivity contribution in [1.29, 1.82) is 0 Å². The van der Waals surface area contributed by atoms with Crippen LogP contribution in [0.15, 0.2) is 72.8 Å². The van der Waals surface area contributed by atoms with Crippen LogP contribution in [-0.4, -0.2) is 42.5 Å². The van der Waals surface area contributed by atoms with Gasteiger partial charge in [0.05, 0.1) is 11.3 Å². The fourth-order valence-corrected chi connectivity index (χ4v) is 4.30. The molecule has 0 radical (unpaired) electrons. The number of amides is 3. The number of likely N-dealkylation sites (tertiary alicyclic amines) is 1. The topological polar surface area (TPSA) is 97.0 Å². The molecule has 8 heteroatoms. The van der Waals surface area contributed by atoms with E-state index in [0.29, 0.717) is 59.9 Å². The van der Waals surface area contributed by atoms with Crippen molar-refractivity contribution in [3.05, 3.63) is 83.9 Å². The van der Waals surface area contributed by atoms with Crippen molar-refractivity contribution in [1.82, 2.24) is 4.90 Å². The summed E-state index contributed by atoms with van der Waals surface area (Å²) in [6.07, 6.45) is 1.11. The number of fused-ring (bicyclic) bond motifs is 1. The number of carbonyl (C=O) groups is 3. The van der Waals surface area contributed by atoms with E-state index in [-0.39, 0.29) is 30.4 Å². The SMILES string of the molecule is O=C(Nc1ccccc1C(=O)N1CCC(C(=O)Nc2ccc3c(c2)OCO3)CC1)c1ccccc1. The number of hydrogen-bond acceptors (Lipinski definition) is 5. The smallest absolute Gasteiger partial charge is 0.255 e. The maximum Gasteiger partial charge on any atom is 0.255 e. The number of anilines is 2. The quantitative estimate of drug-likeness (QED) is 0.583. The van der Waals surface area contributed by atoms with Gasteiger partial charge >= 0.3 is 0 Å². The van der Waals surface area contributed by atoms with Crippen LogP contribution in [0.5, 0.6) is 11.5 Å². The number of nitrogens with one attached hydrogen (secondary N) is 2. The van der Waals surface area contributed by atoms with Crippen LogP contribution in [-0.2, 0) is 4.79 Å². The lowest BCUT2D eigenvalue weighted by Crippen LogP contribution is -2.41. The van der Waals surface area contributed by atoms with E-state index in [4.69, 9.17) is 9.47 Å². The van der Waals surface area contributed by atoms with Crippen molar-refractivity contribution in [3.8, 4) is 11.5 Å². The van der Waals surface area contributed by atoms with E-state index >= 15 is 0 Å². The first kappa shape index (κ1) is 22.5. The Hall–Kier alpha value is -4.33. The molecule has 8 nitrogen and oxygen atoms in total. The number of piperidine rings is 1. The summed E-state index contributed by atoms with van der Waals surface area (Å²) >= 11 is 0. The van der Waals surface area contributed by atoms with Gasteiger partial charge in [-0.15, -0.1) is 0 Å². The van der Waals surface area contributed by atoms with E-state index in [2.05, 4.69) is 10.6 Å². The highest BCUT2D eigenvalue weighted by Crippen LogP contribution is 2.34. The van der Waals surface area contributed by atoms with Crippen LogP contribution in [0.3, 0.4) is 0 Å². The summed E-state index contributed by atoms with van der Waals surface area (Å²) in [4.78, 5) is 40.4. The third-order valence-corrected chi connectivity index (χ3v) is 6.23. The van der Waals surface area contributed by atoms with Crippen molar-refractivity contribution in [2.45, 2.75) is 12.8 Å². The Morgan fingerprint density at radius 2 is 1.51 bits per heavy atom. The molecular weight excluding hydrogens is 446 g/mol. The summed E-state index contributed by atoms with van der Waals surface area (Å²) < 4.78 is 10.7. The molecule has 2 N–H and O–H groups in total. The number of ether oxygens (including phenoxy) is 2. The number of carbonyl (C=O) groups excluding carboxylic acids is 3. The molecule has 1 fully saturated rings. The fraction of sp³-hybridized carbons (Fsp3) is 0.222. The Bertz CT molecular complexity index is 1250. The van der Waals surface area contributed by atoms with Crippen LogP contribution in [0, 0.1) is 5.92 Å². The molecule has 178 valence electrons. The lowest BCUT2D eigenvalue weighted by atomic mass is 9.95. The molecule has 0 saturated carbocycles. The molecular formula is C27H25N3O5. The van der Waals surface area contributed by atoms with Gasteiger partial charge in [-0.3, -0.25) is 14.4 Å². The van der Waals surface area contributed by atoms with Gasteiger partial charge in [0.2, 0.25) is 12.7 Å². The highest BCUT2D eigenvalue weighted by Gasteiger charge is 2.29. The zero-order valence-electron chi connectivity index (χ0n) is 19.0. The fourth-order valence-electron chi connectivity index (χ4n) is 4.30. The highest BCUT2D eigenvalue weighted by molar-refractivity contribution is 6.09. The molecule has 2 heterocycles. The lowest BCUT2D eigenvalue weighted by molar-refractivity contribution is -0.121. The third-order valence-electron chi connectivity index (χ3n) is 6.23. The van der Waals surface area contributed by atoms with Crippen LogP contribution in [0.25, 0.3) is 0 Å². The van der Waals surface area contributed by atoms with Gasteiger partial charge in [0.15, 0.2) is 11.5 Å². The Morgan fingerprint density at radius 3 is 2.31 bits per heavy atom. The van der Waals surface area contributed by atoms with Gasteiger partial charge in [-0.1, -0.05) is 30.3 Å². The van der Waals surface area contributed by atoms with Gasteiger partial charge in [0.1, 0.15) is 0 Å². The van der Waals surface area contributed by atoms with E-state index in [0.717, 1.165) is 0 Å². The maximum absolute atomic E-state index is 13.3. The van der Waals surface area contributed by atoms with E-state index in [1.54, 1.807) is 71.6 Å². The number of nitrogens with zero attached hydrogens (tertiary/aromatic N) is 1. The van der Waals surface area contributed by atoms with Crippen LogP contribution in [0.2, 0.25) is 0 Å². The molecule has 3 aromatic rings. The summed E-state index contributed by atoms with van der Waals surface area (Å²) in [5.74, 6) is 0.564. The Balaban J connectivity index is 1.19. The summed E-state index contributed by atoms with van der Waals surface area (Å²) in [7, 11) is 0. The molecule has 3 aromatic carbocycles. The zero-order chi connectivity index (χ0) is 24.2. The molecule has 0 aromatic heterocycles. The van der Waals surface area contributed by atoms with Crippen molar-refractivity contribution in [2.24, 2.45) is 5.92 Å². The van der Waals surface area contributed by atoms with Crippen molar-refractivity contribution < 1.29 is 23.9 Å². The van der Waals surface area contributed by atoms with Crippen LogP contribution in [0.4, 0.5) is 11.4 Å². The van der Waals surface area contributed by atoms with Crippen molar-refractivity contribution in [3.63, 3.8) is 0 Å². The van der Waals surface area contributed by atoms with Gasteiger partial charge in [-0.05, 0) is 49.2 Å². The molecule has 5 rings (SSSR count). The molecule has 0 atom stereocenters. The minimum atomic E-state index is -0.273. The number of rotatable bonds is 5. The molecule has 0 aliphatic carbocycles. The molecule has 2 aliphatic heterocycles. The maximum atomic E-state index is 13.3. The predicted octanol–water partition coefficient (Wildman–Crippen LogP) is 4.16. The second kappa shape index (κ2) is 9.89. The molecule has 1 saturated heterocycles. The summed E-state index contributed by atoms with van der Waals surface area (Å²) in [5, 5.41) is 5.79. The summed E-state index contributed by atoms with van der Waals surface area (Å²) in [6.45, 7) is 1.09. The van der Waals surface area contributed by atoms with Crippen LogP contribution in [0.1, 0.15) is 33.6 Å². The van der Waals surface area contributed by atoms with Gasteiger partial charge in [-0.25, -0.2) is 0 Å². The monoisotopic (exact) mass is 471 g/mol. The van der Waals surface area contributed by atoms with Crippen molar-refractivity contribution in [2.75, 3.05) is 30.5 Å². The number of hydrogen-bond donors (Lipinski definition) is 2. The predicted molar refractivity (Wildman–Crippen MR) is 131 cm³/mol. The van der Waals surface area contributed by atoms with Gasteiger partial charge in [-0.2, -0.15) is 0 Å². The first-order chi connectivity index (χ1) is 17.1. The summed E-state index contributed by atoms with van der Waals surface area (Å²) in [6, 6.07) is 21.2. The molecule has 0 unspecified atom stereocenters. The minimum Gasteiger partial charge on any atom is -0.454 e. The molecule has 35 heavy (non-hydrogen) atoms. The van der Waals surface area contributed by atoms with Crippen LogP contribution < -0.4 is 20.1 Å². The molecule has 2 aliphatic rings. The first-order valence-corrected chi connectivity index (χ1v) is 11.5. The van der Waals surface area contributed by atoms with Gasteiger partial charge < -0.3 is 25.0 Å². The zero-order valence-corrected chi connectivity index (χ0v) is 19.0. The minimum absolute atomic E-state index is 0.0773. The Kier molecular flexibility index (Phi) is 6.34. The van der Waals surface area contributed by atoms with E-state index in [1.807, 2.05) is 6.07 Å². The standard InChI is InChI=1S/C27H25N3O5/c31-25(28-20-10-11-23-24(16-20)35-17-34-23)19-12-14-30(15-13-19)27(33)21-8-4-5-9-22(21)29-26(32)18-6-2-1-3-7-18/h1-11,16,19H,12-15,17H2,(H,28,31)(H,29,32). The van der Waals surface area contributed by atoms with Crippen LogP contribution >= 0.6 is 0 Å². The Morgan fingerprint density at radius 1 is 0.800 bits per heavy atom. The van der Waals surface area contributed by atoms with Gasteiger partial charge in [0, 0.05) is 36.3 Å². The number of benzene rings is 3. The van der Waals surface area contributed by atoms with Crippen molar-refractivity contribution >= 4 is 29.1 Å². The lowest BCUT2D eigenvalue weighted by Gasteiger charge is -2.32. The first-order valence-electron chi connectivity index (χ1n) is 11.5. The number of para-hydroxylation sites is 1. The molecule has 3 amide bonds. The second-order valence-electron chi connectivity index (χ2n) is 8.49. The van der Waals surface area contributed by atoms with E-state index in [9.17, 15) is 14.4 Å². The Labute approximate surface area is 202 Å².